The maximum Gasteiger partial charge on any atom is 0.329 e. The van der Waals surface area contributed by atoms with E-state index < -0.39 is 53.6 Å². The van der Waals surface area contributed by atoms with Gasteiger partial charge in [-0.3, -0.25) is 34.0 Å². The number of rotatable bonds is 8. The SMILES string of the molecule is CCNCn1cc([C@@H]2O[C@H](COC(C)=O)C(OC(C)=O)C2OC(C)=O)c(=O)[nH]c1=O. The van der Waals surface area contributed by atoms with Crippen LogP contribution in [0.5, 0.6) is 0 Å². The molecule has 0 bridgehead atoms. The molecule has 0 spiro atoms. The standard InChI is InChI=1S/C18H25N3O9/c1-5-19-8-21-6-12(17(25)20-18(21)26)14-16(29-11(4)24)15(28-10(3)23)13(30-14)7-27-9(2)22/h6,13-16,19H,5,7-8H2,1-4H3,(H,20,25,26)/t13-,14+,15?,16?/m1/s1. The highest BCUT2D eigenvalue weighted by atomic mass is 16.6. The summed E-state index contributed by atoms with van der Waals surface area (Å²) in [5.41, 5.74) is -1.40. The molecule has 1 fully saturated rings. The molecule has 2 heterocycles. The molecule has 1 saturated heterocycles. The topological polar surface area (TPSA) is 155 Å². The zero-order chi connectivity index (χ0) is 22.4. The van der Waals surface area contributed by atoms with Crippen molar-refractivity contribution < 1.29 is 33.3 Å². The summed E-state index contributed by atoms with van der Waals surface area (Å²) in [6, 6.07) is 0. The zero-order valence-corrected chi connectivity index (χ0v) is 17.1. The lowest BCUT2D eigenvalue weighted by Gasteiger charge is -2.23. The van der Waals surface area contributed by atoms with Gasteiger partial charge in [-0.1, -0.05) is 6.92 Å². The minimum Gasteiger partial charge on any atom is -0.463 e. The third-order valence-electron chi connectivity index (χ3n) is 4.24. The quantitative estimate of drug-likeness (QED) is 0.388. The van der Waals surface area contributed by atoms with E-state index >= 15 is 0 Å². The fraction of sp³-hybridized carbons (Fsp3) is 0.611. The van der Waals surface area contributed by atoms with E-state index in [0.29, 0.717) is 6.54 Å². The zero-order valence-electron chi connectivity index (χ0n) is 17.1. The molecule has 0 saturated carbocycles. The molecule has 30 heavy (non-hydrogen) atoms. The Labute approximate surface area is 171 Å². The smallest absolute Gasteiger partial charge is 0.329 e. The number of ether oxygens (including phenoxy) is 4. The number of carbonyl (C=O) groups is 3. The minimum atomic E-state index is -1.20. The van der Waals surface area contributed by atoms with Crippen molar-refractivity contribution in [3.63, 3.8) is 0 Å². The summed E-state index contributed by atoms with van der Waals surface area (Å²) >= 11 is 0. The molecule has 1 aliphatic heterocycles. The Hall–Kier alpha value is -2.99. The summed E-state index contributed by atoms with van der Waals surface area (Å²) in [4.78, 5) is 61.2. The van der Waals surface area contributed by atoms with Crippen molar-refractivity contribution in [3.8, 4) is 0 Å². The highest BCUT2D eigenvalue weighted by molar-refractivity contribution is 5.68. The van der Waals surface area contributed by atoms with Gasteiger partial charge in [-0.05, 0) is 6.54 Å². The molecule has 0 amide bonds. The number of hydrogen-bond acceptors (Lipinski definition) is 10. The predicted molar refractivity (Wildman–Crippen MR) is 100 cm³/mol. The number of carbonyl (C=O) groups excluding carboxylic acids is 3. The van der Waals surface area contributed by atoms with E-state index in [9.17, 15) is 24.0 Å². The average Bonchev–Trinajstić information content (AvgIpc) is 2.95. The highest BCUT2D eigenvalue weighted by Crippen LogP contribution is 2.36. The lowest BCUT2D eigenvalue weighted by Crippen LogP contribution is -2.41. The van der Waals surface area contributed by atoms with Crippen LogP contribution in [0.15, 0.2) is 15.8 Å². The van der Waals surface area contributed by atoms with Crippen LogP contribution in [0.1, 0.15) is 39.4 Å². The third kappa shape index (κ3) is 5.76. The van der Waals surface area contributed by atoms with Crippen LogP contribution in [-0.4, -0.2) is 58.9 Å². The molecule has 2 rings (SSSR count). The summed E-state index contributed by atoms with van der Waals surface area (Å²) in [5.74, 6) is -1.97. The summed E-state index contributed by atoms with van der Waals surface area (Å²) < 4.78 is 22.5. The van der Waals surface area contributed by atoms with Crippen molar-refractivity contribution in [1.29, 1.82) is 0 Å². The van der Waals surface area contributed by atoms with Gasteiger partial charge in [-0.2, -0.15) is 0 Å². The van der Waals surface area contributed by atoms with Crippen molar-refractivity contribution in [2.24, 2.45) is 0 Å². The number of hydrogen-bond donors (Lipinski definition) is 2. The molecule has 12 heteroatoms. The normalized spacial score (nSPS) is 23.1. The van der Waals surface area contributed by atoms with Crippen molar-refractivity contribution in [1.82, 2.24) is 14.9 Å². The molecular weight excluding hydrogens is 402 g/mol. The second-order valence-corrected chi connectivity index (χ2v) is 6.62. The first-order chi connectivity index (χ1) is 14.1. The number of nitrogens with zero attached hydrogens (tertiary/aromatic N) is 1. The van der Waals surface area contributed by atoms with Crippen LogP contribution < -0.4 is 16.6 Å². The average molecular weight is 427 g/mol. The van der Waals surface area contributed by atoms with E-state index in [2.05, 4.69) is 10.3 Å². The second kappa shape index (κ2) is 10.2. The Morgan fingerprint density at radius 1 is 1.10 bits per heavy atom. The molecule has 2 unspecified atom stereocenters. The number of nitrogens with one attached hydrogen (secondary N) is 2. The van der Waals surface area contributed by atoms with E-state index in [-0.39, 0.29) is 18.8 Å². The molecule has 1 aromatic heterocycles. The molecule has 4 atom stereocenters. The van der Waals surface area contributed by atoms with Gasteiger partial charge in [0, 0.05) is 27.0 Å². The maximum absolute atomic E-state index is 12.5. The van der Waals surface area contributed by atoms with E-state index in [1.54, 1.807) is 0 Å². The first-order valence-electron chi connectivity index (χ1n) is 9.31. The number of H-pyrrole nitrogens is 1. The molecule has 12 nitrogen and oxygen atoms in total. The molecule has 166 valence electrons. The fourth-order valence-electron chi connectivity index (χ4n) is 3.04. The number of aromatic amines is 1. The van der Waals surface area contributed by atoms with Gasteiger partial charge < -0.3 is 18.9 Å². The van der Waals surface area contributed by atoms with Crippen LogP contribution in [0.3, 0.4) is 0 Å². The summed E-state index contributed by atoms with van der Waals surface area (Å²) in [5, 5.41) is 2.95. The molecule has 1 aliphatic rings. The van der Waals surface area contributed by atoms with Gasteiger partial charge in [0.25, 0.3) is 5.56 Å². The van der Waals surface area contributed by atoms with Crippen LogP contribution in [0, 0.1) is 0 Å². The van der Waals surface area contributed by atoms with Crippen LogP contribution in [0.25, 0.3) is 0 Å². The molecule has 0 radical (unpaired) electrons. The van der Waals surface area contributed by atoms with E-state index in [1.807, 2.05) is 6.92 Å². The van der Waals surface area contributed by atoms with Gasteiger partial charge in [0.1, 0.15) is 18.8 Å². The van der Waals surface area contributed by atoms with Gasteiger partial charge in [-0.15, -0.1) is 0 Å². The Kier molecular flexibility index (Phi) is 7.89. The Morgan fingerprint density at radius 3 is 2.30 bits per heavy atom. The Bertz CT molecular complexity index is 907. The van der Waals surface area contributed by atoms with Crippen molar-refractivity contribution in [3.05, 3.63) is 32.6 Å². The molecule has 1 aromatic rings. The van der Waals surface area contributed by atoms with Gasteiger partial charge in [-0.25, -0.2) is 4.79 Å². The first kappa shape index (κ1) is 23.3. The summed E-state index contributed by atoms with van der Waals surface area (Å²) in [6.45, 7) is 5.75. The van der Waals surface area contributed by atoms with Gasteiger partial charge >= 0.3 is 23.6 Å². The van der Waals surface area contributed by atoms with Gasteiger partial charge in [0.2, 0.25) is 0 Å². The lowest BCUT2D eigenvalue weighted by molar-refractivity contribution is -0.165. The number of aromatic nitrogens is 2. The molecular formula is C18H25N3O9. The van der Waals surface area contributed by atoms with E-state index in [0.717, 1.165) is 13.8 Å². The van der Waals surface area contributed by atoms with E-state index in [4.69, 9.17) is 18.9 Å². The van der Waals surface area contributed by atoms with Crippen molar-refractivity contribution in [2.45, 2.75) is 58.8 Å². The van der Waals surface area contributed by atoms with Crippen LogP contribution >= 0.6 is 0 Å². The molecule has 0 aliphatic carbocycles. The third-order valence-corrected chi connectivity index (χ3v) is 4.24. The Morgan fingerprint density at radius 2 is 1.73 bits per heavy atom. The molecule has 2 N–H and O–H groups in total. The summed E-state index contributed by atoms with van der Waals surface area (Å²) in [6.07, 6.45) is -3.22. The first-order valence-corrected chi connectivity index (χ1v) is 9.31. The maximum atomic E-state index is 12.5. The Balaban J connectivity index is 2.48. The monoisotopic (exact) mass is 427 g/mol. The largest absolute Gasteiger partial charge is 0.463 e. The fourth-order valence-corrected chi connectivity index (χ4v) is 3.04. The van der Waals surface area contributed by atoms with Crippen molar-refractivity contribution in [2.75, 3.05) is 13.2 Å². The van der Waals surface area contributed by atoms with E-state index in [1.165, 1.54) is 17.7 Å². The lowest BCUT2D eigenvalue weighted by atomic mass is 10.0. The highest BCUT2D eigenvalue weighted by Gasteiger charge is 2.51. The van der Waals surface area contributed by atoms with Crippen LogP contribution in [0.2, 0.25) is 0 Å². The molecule has 0 aromatic carbocycles. The number of esters is 3. The predicted octanol–water partition coefficient (Wildman–Crippen LogP) is -1.03. The second-order valence-electron chi connectivity index (χ2n) is 6.62. The van der Waals surface area contributed by atoms with Gasteiger partial charge in [0.15, 0.2) is 12.2 Å². The van der Waals surface area contributed by atoms with Gasteiger partial charge in [0.05, 0.1) is 12.2 Å². The summed E-state index contributed by atoms with van der Waals surface area (Å²) in [7, 11) is 0. The minimum absolute atomic E-state index is 0.0127. The van der Waals surface area contributed by atoms with Crippen LogP contribution in [0.4, 0.5) is 0 Å². The van der Waals surface area contributed by atoms with Crippen LogP contribution in [-0.2, 0) is 40.0 Å². The van der Waals surface area contributed by atoms with Crippen molar-refractivity contribution >= 4 is 17.9 Å².